The first-order valence-corrected chi connectivity index (χ1v) is 5.95. The Hall–Kier alpha value is -1.16. The lowest BCUT2D eigenvalue weighted by Crippen LogP contribution is -2.26. The summed E-state index contributed by atoms with van der Waals surface area (Å²) < 4.78 is 5.70. The maximum Gasteiger partial charge on any atom is 0.232 e. The molecule has 0 unspecified atom stereocenters. The predicted molar refractivity (Wildman–Crippen MR) is 62.3 cm³/mol. The molecule has 1 aliphatic carbocycles. The molecule has 0 aromatic carbocycles. The van der Waals surface area contributed by atoms with Gasteiger partial charge in [0, 0.05) is 18.8 Å². The van der Waals surface area contributed by atoms with Crippen LogP contribution in [0, 0.1) is 0 Å². The lowest BCUT2D eigenvalue weighted by atomic mass is 9.96. The molecule has 88 valence electrons. The first-order chi connectivity index (χ1) is 7.74. The molecule has 4 heteroatoms. The van der Waals surface area contributed by atoms with Crippen molar-refractivity contribution in [3.05, 3.63) is 18.1 Å². The Balaban J connectivity index is 1.90. The van der Waals surface area contributed by atoms with Crippen LogP contribution in [-0.2, 0) is 6.54 Å². The Bertz CT molecular complexity index is 337. The summed E-state index contributed by atoms with van der Waals surface area (Å²) in [6.07, 6.45) is 7.40. The van der Waals surface area contributed by atoms with Gasteiger partial charge in [0.1, 0.15) is 6.10 Å². The highest BCUT2D eigenvalue weighted by Gasteiger charge is 2.19. The maximum atomic E-state index is 5.70. The van der Waals surface area contributed by atoms with Crippen molar-refractivity contribution in [1.82, 2.24) is 15.3 Å². The van der Waals surface area contributed by atoms with E-state index >= 15 is 0 Å². The number of hydrogen-bond acceptors (Lipinski definition) is 4. The minimum Gasteiger partial charge on any atom is -0.473 e. The first kappa shape index (κ1) is 11.3. The van der Waals surface area contributed by atoms with E-state index in [1.807, 2.05) is 0 Å². The SMILES string of the molecule is CC(C)NCc1cncc(OC2CCC2)n1. The first-order valence-electron chi connectivity index (χ1n) is 5.95. The topological polar surface area (TPSA) is 47.0 Å². The molecule has 1 fully saturated rings. The fraction of sp³-hybridized carbons (Fsp3) is 0.667. The van der Waals surface area contributed by atoms with Crippen molar-refractivity contribution in [3.63, 3.8) is 0 Å². The highest BCUT2D eigenvalue weighted by molar-refractivity contribution is 5.09. The second-order valence-corrected chi connectivity index (χ2v) is 4.56. The second-order valence-electron chi connectivity index (χ2n) is 4.56. The molecule has 1 aliphatic rings. The van der Waals surface area contributed by atoms with Crippen LogP contribution in [0.5, 0.6) is 5.88 Å². The van der Waals surface area contributed by atoms with Crippen LogP contribution in [0.3, 0.4) is 0 Å². The molecule has 1 saturated carbocycles. The quantitative estimate of drug-likeness (QED) is 0.825. The van der Waals surface area contributed by atoms with Crippen LogP contribution in [-0.4, -0.2) is 22.1 Å². The van der Waals surface area contributed by atoms with Gasteiger partial charge in [-0.05, 0) is 19.3 Å². The Morgan fingerprint density at radius 1 is 1.44 bits per heavy atom. The Morgan fingerprint density at radius 3 is 2.88 bits per heavy atom. The van der Waals surface area contributed by atoms with E-state index in [-0.39, 0.29) is 0 Å². The van der Waals surface area contributed by atoms with Gasteiger partial charge in [-0.1, -0.05) is 13.8 Å². The summed E-state index contributed by atoms with van der Waals surface area (Å²) in [5.74, 6) is 0.660. The summed E-state index contributed by atoms with van der Waals surface area (Å²) in [6, 6.07) is 0.456. The smallest absolute Gasteiger partial charge is 0.232 e. The minimum atomic E-state index is 0.364. The molecule has 2 rings (SSSR count). The van der Waals surface area contributed by atoms with Crippen LogP contribution in [0.1, 0.15) is 38.8 Å². The van der Waals surface area contributed by atoms with Crippen molar-refractivity contribution in [2.24, 2.45) is 0 Å². The third-order valence-electron chi connectivity index (χ3n) is 2.69. The van der Waals surface area contributed by atoms with E-state index in [2.05, 4.69) is 29.1 Å². The van der Waals surface area contributed by atoms with Gasteiger partial charge in [-0.15, -0.1) is 0 Å². The van der Waals surface area contributed by atoms with Crippen LogP contribution in [0.2, 0.25) is 0 Å². The fourth-order valence-electron chi connectivity index (χ4n) is 1.50. The van der Waals surface area contributed by atoms with E-state index in [9.17, 15) is 0 Å². The van der Waals surface area contributed by atoms with Gasteiger partial charge in [0.05, 0.1) is 11.9 Å². The molecule has 0 bridgehead atoms. The van der Waals surface area contributed by atoms with Gasteiger partial charge < -0.3 is 10.1 Å². The van der Waals surface area contributed by atoms with E-state index < -0.39 is 0 Å². The Morgan fingerprint density at radius 2 is 2.25 bits per heavy atom. The van der Waals surface area contributed by atoms with Gasteiger partial charge in [-0.25, -0.2) is 4.98 Å². The van der Waals surface area contributed by atoms with Crippen LogP contribution < -0.4 is 10.1 Å². The monoisotopic (exact) mass is 221 g/mol. The van der Waals surface area contributed by atoms with Gasteiger partial charge in [-0.3, -0.25) is 4.98 Å². The molecule has 1 N–H and O–H groups in total. The molecule has 16 heavy (non-hydrogen) atoms. The molecule has 0 atom stereocenters. The van der Waals surface area contributed by atoms with E-state index in [0.717, 1.165) is 25.1 Å². The third kappa shape index (κ3) is 3.17. The Labute approximate surface area is 96.4 Å². The second kappa shape index (κ2) is 5.25. The zero-order chi connectivity index (χ0) is 11.4. The van der Waals surface area contributed by atoms with Crippen LogP contribution in [0.25, 0.3) is 0 Å². The van der Waals surface area contributed by atoms with Gasteiger partial charge in [0.2, 0.25) is 5.88 Å². The largest absolute Gasteiger partial charge is 0.473 e. The van der Waals surface area contributed by atoms with Crippen molar-refractivity contribution in [2.45, 2.75) is 51.8 Å². The summed E-state index contributed by atoms with van der Waals surface area (Å²) in [5, 5.41) is 3.31. The normalized spacial score (nSPS) is 16.2. The summed E-state index contributed by atoms with van der Waals surface area (Å²) in [4.78, 5) is 8.57. The molecular formula is C12H19N3O. The molecule has 4 nitrogen and oxygen atoms in total. The molecule has 1 heterocycles. The highest BCUT2D eigenvalue weighted by atomic mass is 16.5. The standard InChI is InChI=1S/C12H19N3O/c1-9(2)14-7-10-6-13-8-12(15-10)16-11-4-3-5-11/h6,8-9,11,14H,3-5,7H2,1-2H3. The lowest BCUT2D eigenvalue weighted by Gasteiger charge is -2.25. The molecule has 0 saturated heterocycles. The van der Waals surface area contributed by atoms with Crippen molar-refractivity contribution in [3.8, 4) is 5.88 Å². The average molecular weight is 221 g/mol. The van der Waals surface area contributed by atoms with Crippen LogP contribution in [0.15, 0.2) is 12.4 Å². The van der Waals surface area contributed by atoms with E-state index in [1.54, 1.807) is 12.4 Å². The maximum absolute atomic E-state index is 5.70. The number of rotatable bonds is 5. The van der Waals surface area contributed by atoms with Crippen molar-refractivity contribution in [1.29, 1.82) is 0 Å². The van der Waals surface area contributed by atoms with Gasteiger partial charge in [-0.2, -0.15) is 0 Å². The molecule has 1 aromatic rings. The number of nitrogens with zero attached hydrogens (tertiary/aromatic N) is 2. The van der Waals surface area contributed by atoms with Gasteiger partial charge in [0.15, 0.2) is 0 Å². The molecule has 0 aliphatic heterocycles. The molecule has 0 radical (unpaired) electrons. The van der Waals surface area contributed by atoms with E-state index in [1.165, 1.54) is 6.42 Å². The number of aromatic nitrogens is 2. The zero-order valence-electron chi connectivity index (χ0n) is 9.94. The summed E-state index contributed by atoms with van der Waals surface area (Å²) in [6.45, 7) is 4.97. The van der Waals surface area contributed by atoms with Gasteiger partial charge >= 0.3 is 0 Å². The fourth-order valence-corrected chi connectivity index (χ4v) is 1.50. The van der Waals surface area contributed by atoms with Crippen molar-refractivity contribution < 1.29 is 4.74 Å². The summed E-state index contributed by atoms with van der Waals surface area (Å²) in [7, 11) is 0. The van der Waals surface area contributed by atoms with Crippen LogP contribution in [0.4, 0.5) is 0 Å². The van der Waals surface area contributed by atoms with E-state index in [4.69, 9.17) is 4.74 Å². The van der Waals surface area contributed by atoms with Gasteiger partial charge in [0.25, 0.3) is 0 Å². The number of ether oxygens (including phenoxy) is 1. The number of hydrogen-bond donors (Lipinski definition) is 1. The predicted octanol–water partition coefficient (Wildman–Crippen LogP) is 1.91. The highest BCUT2D eigenvalue weighted by Crippen LogP contribution is 2.23. The minimum absolute atomic E-state index is 0.364. The summed E-state index contributed by atoms with van der Waals surface area (Å²) in [5.41, 5.74) is 0.936. The lowest BCUT2D eigenvalue weighted by molar-refractivity contribution is 0.114. The third-order valence-corrected chi connectivity index (χ3v) is 2.69. The van der Waals surface area contributed by atoms with Crippen molar-refractivity contribution in [2.75, 3.05) is 0 Å². The summed E-state index contributed by atoms with van der Waals surface area (Å²) >= 11 is 0. The zero-order valence-corrected chi connectivity index (χ0v) is 9.94. The average Bonchev–Trinajstić information content (AvgIpc) is 2.21. The Kier molecular flexibility index (Phi) is 3.72. The molecule has 1 aromatic heterocycles. The molecule has 0 amide bonds. The number of nitrogens with one attached hydrogen (secondary N) is 1. The molecule has 0 spiro atoms. The molecular weight excluding hydrogens is 202 g/mol. The van der Waals surface area contributed by atoms with E-state index in [0.29, 0.717) is 18.0 Å². The van der Waals surface area contributed by atoms with Crippen LogP contribution >= 0.6 is 0 Å². The van der Waals surface area contributed by atoms with Crippen molar-refractivity contribution >= 4 is 0 Å².